The molecule has 6 heteroatoms. The molecule has 2 aliphatic heterocycles. The summed E-state index contributed by atoms with van der Waals surface area (Å²) in [5, 5.41) is 16.0. The summed E-state index contributed by atoms with van der Waals surface area (Å²) in [6.45, 7) is 1.97. The van der Waals surface area contributed by atoms with Gasteiger partial charge in [-0.2, -0.15) is 0 Å². The molecule has 3 heterocycles. The van der Waals surface area contributed by atoms with Crippen molar-refractivity contribution in [2.45, 2.75) is 44.4 Å². The first kappa shape index (κ1) is 18.2. The number of aromatic carboxylic acids is 1. The molecule has 2 aromatic rings. The molecular weight excluding hydrogens is 366 g/mol. The number of hydrogen-bond donors (Lipinski definition) is 4. The van der Waals surface area contributed by atoms with Crippen molar-refractivity contribution in [1.82, 2.24) is 10.3 Å². The van der Waals surface area contributed by atoms with E-state index in [0.29, 0.717) is 11.5 Å². The Balaban J connectivity index is 1.63. The van der Waals surface area contributed by atoms with E-state index >= 15 is 0 Å². The van der Waals surface area contributed by atoms with Gasteiger partial charge in [0.2, 0.25) is 0 Å². The Morgan fingerprint density at radius 1 is 1.10 bits per heavy atom. The highest BCUT2D eigenvalue weighted by Gasteiger charge is 2.31. The molecule has 1 aromatic carbocycles. The minimum absolute atomic E-state index is 0.114. The number of anilines is 1. The third-order valence-electron chi connectivity index (χ3n) is 6.49. The quantitative estimate of drug-likeness (QED) is 0.602. The third-order valence-corrected chi connectivity index (χ3v) is 6.49. The Hall–Kier alpha value is -2.86. The Morgan fingerprint density at radius 3 is 2.62 bits per heavy atom. The average Bonchev–Trinajstić information content (AvgIpc) is 3.27. The molecule has 150 valence electrons. The molecule has 0 radical (unpaired) electrons. The highest BCUT2D eigenvalue weighted by molar-refractivity contribution is 6.35. The zero-order valence-electron chi connectivity index (χ0n) is 16.3. The largest absolute Gasteiger partial charge is 0.477 e. The third kappa shape index (κ3) is 3.08. The summed E-state index contributed by atoms with van der Waals surface area (Å²) >= 11 is 0. The number of amides is 1. The van der Waals surface area contributed by atoms with E-state index in [1.54, 1.807) is 0 Å². The minimum Gasteiger partial charge on any atom is -0.477 e. The molecule has 0 bridgehead atoms. The molecule has 0 spiro atoms. The van der Waals surface area contributed by atoms with Gasteiger partial charge in [-0.15, -0.1) is 0 Å². The van der Waals surface area contributed by atoms with Crippen molar-refractivity contribution in [3.63, 3.8) is 0 Å². The molecule has 5 rings (SSSR count). The van der Waals surface area contributed by atoms with Crippen LogP contribution in [0.3, 0.4) is 0 Å². The lowest BCUT2D eigenvalue weighted by Gasteiger charge is -2.25. The van der Waals surface area contributed by atoms with Crippen molar-refractivity contribution in [3.8, 4) is 0 Å². The maximum atomic E-state index is 12.9. The van der Waals surface area contributed by atoms with E-state index in [4.69, 9.17) is 0 Å². The first-order valence-electron chi connectivity index (χ1n) is 10.5. The summed E-state index contributed by atoms with van der Waals surface area (Å²) in [5.74, 6) is -0.619. The highest BCUT2D eigenvalue weighted by Crippen LogP contribution is 2.41. The Morgan fingerprint density at radius 2 is 1.86 bits per heavy atom. The summed E-state index contributed by atoms with van der Waals surface area (Å²) in [6.07, 6.45) is 7.66. The first-order chi connectivity index (χ1) is 14.1. The molecule has 0 unspecified atom stereocenters. The number of carbonyl (C=O) groups is 2. The van der Waals surface area contributed by atoms with Gasteiger partial charge in [-0.25, -0.2) is 4.79 Å². The predicted octanol–water partition coefficient (Wildman–Crippen LogP) is 3.55. The van der Waals surface area contributed by atoms with Crippen LogP contribution < -0.4 is 10.6 Å². The zero-order valence-corrected chi connectivity index (χ0v) is 16.3. The molecule has 4 N–H and O–H groups in total. The van der Waals surface area contributed by atoms with Gasteiger partial charge in [-0.1, -0.05) is 12.1 Å². The van der Waals surface area contributed by atoms with Gasteiger partial charge in [0.1, 0.15) is 5.69 Å². The lowest BCUT2D eigenvalue weighted by atomic mass is 9.84. The van der Waals surface area contributed by atoms with E-state index in [0.717, 1.165) is 79.7 Å². The molecule has 1 fully saturated rings. The van der Waals surface area contributed by atoms with Crippen molar-refractivity contribution < 1.29 is 14.7 Å². The van der Waals surface area contributed by atoms with Crippen LogP contribution in [0, 0.1) is 0 Å². The zero-order chi connectivity index (χ0) is 20.0. The number of aromatic nitrogens is 1. The van der Waals surface area contributed by atoms with Gasteiger partial charge in [0.15, 0.2) is 0 Å². The predicted molar refractivity (Wildman–Crippen MR) is 112 cm³/mol. The van der Waals surface area contributed by atoms with Crippen LogP contribution in [-0.2, 0) is 17.6 Å². The van der Waals surface area contributed by atoms with Gasteiger partial charge in [0, 0.05) is 16.9 Å². The van der Waals surface area contributed by atoms with Gasteiger partial charge in [0.25, 0.3) is 5.91 Å². The fourth-order valence-electron chi connectivity index (χ4n) is 5.10. The molecule has 3 aliphatic rings. The average molecular weight is 391 g/mol. The van der Waals surface area contributed by atoms with Crippen LogP contribution in [0.15, 0.2) is 18.2 Å². The van der Waals surface area contributed by atoms with E-state index in [9.17, 15) is 14.7 Å². The number of carbonyl (C=O) groups excluding carboxylic acids is 1. The standard InChI is InChI=1S/C23H25N3O3/c27-22-17(12-19-15-4-1-2-5-16(15)21(25-19)23(28)29)20-14(6-3-7-18(20)26-22)13-8-10-24-11-9-13/h3,6-7,12-13,24-25H,1-2,4-5,8-11H2,(H,26,27)(H,28,29)/b17-12-. The normalized spacial score (nSPS) is 20.4. The van der Waals surface area contributed by atoms with Crippen molar-refractivity contribution in [1.29, 1.82) is 0 Å². The fraction of sp³-hybridized carbons (Fsp3) is 0.391. The van der Waals surface area contributed by atoms with Gasteiger partial charge >= 0.3 is 5.97 Å². The number of aromatic amines is 1. The fourth-order valence-corrected chi connectivity index (χ4v) is 5.10. The Kier molecular flexibility index (Phi) is 4.51. The number of rotatable bonds is 3. The number of H-pyrrole nitrogens is 1. The second kappa shape index (κ2) is 7.19. The summed E-state index contributed by atoms with van der Waals surface area (Å²) < 4.78 is 0. The van der Waals surface area contributed by atoms with E-state index in [1.807, 2.05) is 18.2 Å². The monoisotopic (exact) mass is 391 g/mol. The van der Waals surface area contributed by atoms with Crippen LogP contribution in [0.1, 0.15) is 70.0 Å². The van der Waals surface area contributed by atoms with E-state index in [1.165, 1.54) is 5.56 Å². The van der Waals surface area contributed by atoms with Gasteiger partial charge in [-0.3, -0.25) is 4.79 Å². The summed E-state index contributed by atoms with van der Waals surface area (Å²) in [4.78, 5) is 27.7. The van der Waals surface area contributed by atoms with Crippen LogP contribution in [-0.4, -0.2) is 35.1 Å². The van der Waals surface area contributed by atoms with Crippen LogP contribution in [0.2, 0.25) is 0 Å². The molecule has 0 saturated carbocycles. The number of nitrogens with one attached hydrogen (secondary N) is 3. The van der Waals surface area contributed by atoms with Crippen LogP contribution in [0.25, 0.3) is 11.6 Å². The van der Waals surface area contributed by atoms with E-state index < -0.39 is 5.97 Å². The van der Waals surface area contributed by atoms with Gasteiger partial charge < -0.3 is 20.7 Å². The van der Waals surface area contributed by atoms with Crippen LogP contribution >= 0.6 is 0 Å². The lowest BCUT2D eigenvalue weighted by molar-refractivity contribution is -0.110. The topological polar surface area (TPSA) is 94.2 Å². The molecule has 1 saturated heterocycles. The minimum atomic E-state index is -0.931. The number of carboxylic acids is 1. The van der Waals surface area contributed by atoms with Gasteiger partial charge in [-0.05, 0) is 86.4 Å². The lowest BCUT2D eigenvalue weighted by Crippen LogP contribution is -2.27. The van der Waals surface area contributed by atoms with E-state index in [-0.39, 0.29) is 11.6 Å². The van der Waals surface area contributed by atoms with Crippen molar-refractivity contribution >= 4 is 29.2 Å². The first-order valence-corrected chi connectivity index (χ1v) is 10.5. The number of piperidine rings is 1. The van der Waals surface area contributed by atoms with Crippen molar-refractivity contribution in [3.05, 3.63) is 51.8 Å². The highest BCUT2D eigenvalue weighted by atomic mass is 16.4. The molecule has 1 aliphatic carbocycles. The van der Waals surface area contributed by atoms with E-state index in [2.05, 4.69) is 21.7 Å². The van der Waals surface area contributed by atoms with Crippen LogP contribution in [0.5, 0.6) is 0 Å². The van der Waals surface area contributed by atoms with Crippen molar-refractivity contribution in [2.24, 2.45) is 0 Å². The Labute approximate surface area is 169 Å². The van der Waals surface area contributed by atoms with Crippen LogP contribution in [0.4, 0.5) is 5.69 Å². The second-order valence-corrected chi connectivity index (χ2v) is 8.19. The molecular formula is C23H25N3O3. The number of fused-ring (bicyclic) bond motifs is 2. The summed E-state index contributed by atoms with van der Waals surface area (Å²) in [7, 11) is 0. The Bertz CT molecular complexity index is 1030. The molecule has 29 heavy (non-hydrogen) atoms. The second-order valence-electron chi connectivity index (χ2n) is 8.19. The number of hydrogen-bond acceptors (Lipinski definition) is 3. The number of benzene rings is 1. The molecule has 1 amide bonds. The maximum Gasteiger partial charge on any atom is 0.352 e. The summed E-state index contributed by atoms with van der Waals surface area (Å²) in [5.41, 5.74) is 6.71. The SMILES string of the molecule is O=C1Nc2cccc(C3CCNCC3)c2/C1=C/c1[nH]c(C(=O)O)c2c1CCCC2. The van der Waals surface area contributed by atoms with Gasteiger partial charge in [0.05, 0.1) is 5.57 Å². The maximum absolute atomic E-state index is 12.9. The number of carboxylic acid groups (broad SMARTS) is 1. The summed E-state index contributed by atoms with van der Waals surface area (Å²) in [6, 6.07) is 6.10. The molecule has 6 nitrogen and oxygen atoms in total. The van der Waals surface area contributed by atoms with Crippen molar-refractivity contribution in [2.75, 3.05) is 18.4 Å². The molecule has 1 aromatic heterocycles. The molecule has 0 atom stereocenters. The smallest absolute Gasteiger partial charge is 0.352 e.